The van der Waals surface area contributed by atoms with Gasteiger partial charge >= 0.3 is 0 Å². The van der Waals surface area contributed by atoms with E-state index in [1.165, 1.54) is 12.5 Å². The largest absolute Gasteiger partial charge is 0.385 e. The van der Waals surface area contributed by atoms with E-state index < -0.39 is 0 Å². The van der Waals surface area contributed by atoms with Crippen LogP contribution in [0.1, 0.15) is 126 Å². The average Bonchev–Trinajstić information content (AvgIpc) is 3.45. The number of allylic oxidation sites excluding steroid dienone is 9. The van der Waals surface area contributed by atoms with Crippen LogP contribution >= 0.6 is 0 Å². The zero-order valence-corrected chi connectivity index (χ0v) is 27.4. The molecule has 0 radical (unpaired) electrons. The Morgan fingerprint density at radius 3 is 1.97 bits per heavy atom. The first-order valence-electron chi connectivity index (χ1n) is 15.2. The van der Waals surface area contributed by atoms with Crippen LogP contribution in [-0.4, -0.2) is 29.6 Å². The summed E-state index contributed by atoms with van der Waals surface area (Å²) < 4.78 is 6.92. The van der Waals surface area contributed by atoms with Crippen molar-refractivity contribution in [2.24, 2.45) is 0 Å². The highest BCUT2D eigenvalue weighted by Gasteiger charge is 2.37. The predicted molar refractivity (Wildman–Crippen MR) is 175 cm³/mol. The molecule has 0 fully saturated rings. The Balaban J connectivity index is -0.00000126. The normalized spacial score (nSPS) is 12.3. The second kappa shape index (κ2) is 28.5. The first-order valence-corrected chi connectivity index (χ1v) is 15.2. The summed E-state index contributed by atoms with van der Waals surface area (Å²) in [5.74, 6) is 1.15. The van der Waals surface area contributed by atoms with Gasteiger partial charge in [-0.3, -0.25) is 0 Å². The summed E-state index contributed by atoms with van der Waals surface area (Å²) in [6.07, 6.45) is 27.8. The second-order valence-electron chi connectivity index (χ2n) is 8.87. The average molecular weight is 543 g/mol. The van der Waals surface area contributed by atoms with E-state index in [9.17, 15) is 0 Å². The molecule has 0 aliphatic rings. The molecule has 1 aromatic heterocycles. The van der Waals surface area contributed by atoms with Crippen LogP contribution in [0.4, 0.5) is 0 Å². The lowest BCUT2D eigenvalue weighted by atomic mass is 9.72. The molecule has 0 saturated carbocycles. The molecule has 0 aromatic carbocycles. The number of imidazole rings is 1. The number of carbonyl (C=O) groups excluding carboxylic acids is 1. The number of methoxy groups -OCH3 is 1. The lowest BCUT2D eigenvalue weighted by Crippen LogP contribution is -2.32. The van der Waals surface area contributed by atoms with E-state index in [2.05, 4.69) is 106 Å². The fraction of sp³-hybridized carbons (Fsp3) is 0.600. The van der Waals surface area contributed by atoms with Crippen LogP contribution in [0, 0.1) is 0 Å². The van der Waals surface area contributed by atoms with Crippen LogP contribution in [0.5, 0.6) is 0 Å². The van der Waals surface area contributed by atoms with Gasteiger partial charge in [0.2, 0.25) is 0 Å². The minimum atomic E-state index is -0.135. The zero-order chi connectivity index (χ0) is 30.5. The highest BCUT2D eigenvalue weighted by molar-refractivity contribution is 5.44. The molecular formula is C35H62N2O2. The maximum absolute atomic E-state index is 8.81. The number of ether oxygens (including phenoxy) is 1. The van der Waals surface area contributed by atoms with Gasteiger partial charge in [-0.25, -0.2) is 4.98 Å². The van der Waals surface area contributed by atoms with Gasteiger partial charge in [0, 0.05) is 26.1 Å². The van der Waals surface area contributed by atoms with Gasteiger partial charge in [-0.1, -0.05) is 110 Å². The molecule has 1 rings (SSSR count). The third-order valence-electron chi connectivity index (χ3n) is 6.02. The summed E-state index contributed by atoms with van der Waals surface area (Å²) in [7, 11) is 1.68. The van der Waals surface area contributed by atoms with Crippen molar-refractivity contribution in [3.05, 3.63) is 78.5 Å². The molecule has 224 valence electrons. The number of rotatable bonds is 15. The van der Waals surface area contributed by atoms with E-state index in [0.29, 0.717) is 0 Å². The van der Waals surface area contributed by atoms with E-state index in [-0.39, 0.29) is 11.5 Å². The van der Waals surface area contributed by atoms with Crippen molar-refractivity contribution in [3.63, 3.8) is 0 Å². The highest BCUT2D eigenvalue weighted by atomic mass is 16.5. The number of aldehydes is 1. The van der Waals surface area contributed by atoms with Crippen LogP contribution < -0.4 is 0 Å². The maximum Gasteiger partial charge on any atom is 0.119 e. The fourth-order valence-corrected chi connectivity index (χ4v) is 4.24. The standard InChI is InChI=1S/C28H44N2.C3H8O.C2H4O.C2H6/c1-8-13-15-16-18-24(6)28(20-11-4,21-12-5)27-29-22-23-30(27)25(7)26(17-10-3)19-14-9-2;1-3-4-2;1-2-3;1-2/h13-19,22-23,25H,6,8-12,20-21H2,1-5,7H3;3H2,1-2H3;2H,1H3;1-2H3/b15-13-,18-16-,19-14-,26-17+;;;. The first-order chi connectivity index (χ1) is 18.8. The number of carbonyl (C=O) groups is 1. The first kappa shape index (κ1) is 41.0. The zero-order valence-electron chi connectivity index (χ0n) is 27.4. The molecule has 0 aliphatic carbocycles. The van der Waals surface area contributed by atoms with Crippen LogP contribution in [0.3, 0.4) is 0 Å². The number of hydrogen-bond acceptors (Lipinski definition) is 3. The molecular weight excluding hydrogens is 480 g/mol. The molecule has 4 heteroatoms. The highest BCUT2D eigenvalue weighted by Crippen LogP contribution is 2.42. The van der Waals surface area contributed by atoms with Gasteiger partial charge in [-0.2, -0.15) is 0 Å². The minimum Gasteiger partial charge on any atom is -0.385 e. The lowest BCUT2D eigenvalue weighted by molar-refractivity contribution is -0.106. The number of hydrogen-bond donors (Lipinski definition) is 0. The fourth-order valence-electron chi connectivity index (χ4n) is 4.24. The molecule has 39 heavy (non-hydrogen) atoms. The molecule has 0 amide bonds. The Morgan fingerprint density at radius 1 is 1.00 bits per heavy atom. The Labute approximate surface area is 243 Å². The van der Waals surface area contributed by atoms with Gasteiger partial charge in [-0.15, -0.1) is 0 Å². The Kier molecular flexibility index (Phi) is 30.0. The van der Waals surface area contributed by atoms with Crippen LogP contribution in [0.2, 0.25) is 0 Å². The van der Waals surface area contributed by atoms with Gasteiger partial charge in [0.25, 0.3) is 0 Å². The van der Waals surface area contributed by atoms with E-state index >= 15 is 0 Å². The predicted octanol–water partition coefficient (Wildman–Crippen LogP) is 10.5. The Morgan fingerprint density at radius 2 is 1.54 bits per heavy atom. The topological polar surface area (TPSA) is 44.1 Å². The Hall–Kier alpha value is -2.46. The van der Waals surface area contributed by atoms with Gasteiger partial charge < -0.3 is 14.1 Å². The molecule has 1 aromatic rings. The lowest BCUT2D eigenvalue weighted by Gasteiger charge is -2.36. The molecule has 0 bridgehead atoms. The molecule has 0 spiro atoms. The molecule has 0 aliphatic heterocycles. The summed E-state index contributed by atoms with van der Waals surface area (Å²) in [5.41, 5.74) is 2.38. The minimum absolute atomic E-state index is 0.135. The van der Waals surface area contributed by atoms with Crippen molar-refractivity contribution in [2.75, 3.05) is 13.7 Å². The van der Waals surface area contributed by atoms with E-state index in [0.717, 1.165) is 69.2 Å². The number of aromatic nitrogens is 2. The monoisotopic (exact) mass is 542 g/mol. The van der Waals surface area contributed by atoms with E-state index in [4.69, 9.17) is 9.78 Å². The van der Waals surface area contributed by atoms with Crippen molar-refractivity contribution in [2.45, 2.75) is 126 Å². The molecule has 4 nitrogen and oxygen atoms in total. The molecule has 0 saturated heterocycles. The summed E-state index contributed by atoms with van der Waals surface area (Å²) in [6, 6.07) is 0.245. The smallest absolute Gasteiger partial charge is 0.119 e. The molecule has 1 unspecified atom stereocenters. The van der Waals surface area contributed by atoms with Crippen LogP contribution in [0.25, 0.3) is 0 Å². The molecule has 1 heterocycles. The maximum atomic E-state index is 8.81. The summed E-state index contributed by atoms with van der Waals surface area (Å²) in [5, 5.41) is 0. The van der Waals surface area contributed by atoms with Crippen molar-refractivity contribution in [1.82, 2.24) is 9.55 Å². The van der Waals surface area contributed by atoms with E-state index in [1.54, 1.807) is 7.11 Å². The van der Waals surface area contributed by atoms with Gasteiger partial charge in [0.15, 0.2) is 0 Å². The van der Waals surface area contributed by atoms with Crippen molar-refractivity contribution >= 4 is 6.29 Å². The third kappa shape index (κ3) is 16.3. The van der Waals surface area contributed by atoms with Crippen LogP contribution in [0.15, 0.2) is 72.7 Å². The summed E-state index contributed by atoms with van der Waals surface area (Å²) in [4.78, 5) is 13.7. The summed E-state index contributed by atoms with van der Waals surface area (Å²) in [6.45, 7) is 26.1. The quantitative estimate of drug-likeness (QED) is 0.163. The SMILES string of the molecule is C=C(/C=C\C=C/CC)C(CCC)(CCC)c1nccn1C(C)C(/C=C\CC)=C/CC.CC.CC=O.CCOC. The third-order valence-corrected chi connectivity index (χ3v) is 6.02. The van der Waals surface area contributed by atoms with Crippen LogP contribution in [-0.2, 0) is 14.9 Å². The number of nitrogens with zero attached hydrogens (tertiary/aromatic N) is 2. The second-order valence-corrected chi connectivity index (χ2v) is 8.87. The summed E-state index contributed by atoms with van der Waals surface area (Å²) >= 11 is 0. The van der Waals surface area contributed by atoms with Crippen molar-refractivity contribution < 1.29 is 9.53 Å². The van der Waals surface area contributed by atoms with E-state index in [1.807, 2.05) is 27.0 Å². The Bertz CT molecular complexity index is 819. The molecule has 1 atom stereocenters. The van der Waals surface area contributed by atoms with Crippen molar-refractivity contribution in [1.29, 1.82) is 0 Å². The molecule has 0 N–H and O–H groups in total. The van der Waals surface area contributed by atoms with Gasteiger partial charge in [0.1, 0.15) is 12.1 Å². The van der Waals surface area contributed by atoms with Gasteiger partial charge in [0.05, 0.1) is 11.5 Å². The van der Waals surface area contributed by atoms with Gasteiger partial charge in [-0.05, 0) is 64.0 Å². The van der Waals surface area contributed by atoms with Crippen molar-refractivity contribution in [3.8, 4) is 0 Å².